The first-order valence-electron chi connectivity index (χ1n) is 2.31. The standard InChI is InChI=1S/C5H10N2O/c1-4(6)5(2)7-8-3/h6H,1-3H3/b6-4?,7-5+. The average molecular weight is 114 g/mol. The van der Waals surface area contributed by atoms with Gasteiger partial charge in [0.25, 0.3) is 0 Å². The van der Waals surface area contributed by atoms with Crippen molar-refractivity contribution in [2.24, 2.45) is 5.16 Å². The molecule has 0 aliphatic heterocycles. The molecule has 46 valence electrons. The smallest absolute Gasteiger partial charge is 0.106 e. The van der Waals surface area contributed by atoms with Crippen LogP contribution >= 0.6 is 0 Å². The summed E-state index contributed by atoms with van der Waals surface area (Å²) in [6, 6.07) is 0. The van der Waals surface area contributed by atoms with Crippen LogP contribution in [0.3, 0.4) is 0 Å². The van der Waals surface area contributed by atoms with Crippen molar-refractivity contribution in [3.05, 3.63) is 0 Å². The summed E-state index contributed by atoms with van der Waals surface area (Å²) in [5.41, 5.74) is 1.05. The van der Waals surface area contributed by atoms with Crippen molar-refractivity contribution >= 4 is 11.4 Å². The maximum absolute atomic E-state index is 6.99. The van der Waals surface area contributed by atoms with Crippen LogP contribution in [0.5, 0.6) is 0 Å². The van der Waals surface area contributed by atoms with Crippen molar-refractivity contribution in [2.75, 3.05) is 7.11 Å². The van der Waals surface area contributed by atoms with Crippen LogP contribution in [0.25, 0.3) is 0 Å². The molecule has 0 fully saturated rings. The van der Waals surface area contributed by atoms with Gasteiger partial charge in [-0.1, -0.05) is 5.16 Å². The van der Waals surface area contributed by atoms with Crippen molar-refractivity contribution in [1.82, 2.24) is 0 Å². The molecule has 0 unspecified atom stereocenters. The third-order valence-corrected chi connectivity index (χ3v) is 0.771. The van der Waals surface area contributed by atoms with Crippen molar-refractivity contribution in [3.63, 3.8) is 0 Å². The van der Waals surface area contributed by atoms with E-state index in [9.17, 15) is 0 Å². The van der Waals surface area contributed by atoms with Gasteiger partial charge in [-0.25, -0.2) is 0 Å². The lowest BCUT2D eigenvalue weighted by atomic mass is 10.3. The Labute approximate surface area is 48.8 Å². The Morgan fingerprint density at radius 2 is 2.00 bits per heavy atom. The summed E-state index contributed by atoms with van der Waals surface area (Å²) in [6.07, 6.45) is 0. The van der Waals surface area contributed by atoms with Gasteiger partial charge in [-0.3, -0.25) is 0 Å². The first kappa shape index (κ1) is 7.14. The van der Waals surface area contributed by atoms with E-state index in [-0.39, 0.29) is 0 Å². The van der Waals surface area contributed by atoms with E-state index >= 15 is 0 Å². The average Bonchev–Trinajstić information content (AvgIpc) is 1.67. The van der Waals surface area contributed by atoms with Gasteiger partial charge in [-0.2, -0.15) is 0 Å². The number of rotatable bonds is 2. The summed E-state index contributed by atoms with van der Waals surface area (Å²) in [5, 5.41) is 10.5. The SMILES string of the molecule is CO/N=C(\C)C(C)=N. The fraction of sp³-hybridized carbons (Fsp3) is 0.600. The summed E-state index contributed by atoms with van der Waals surface area (Å²) in [4.78, 5) is 4.41. The number of hydrogen-bond acceptors (Lipinski definition) is 3. The van der Waals surface area contributed by atoms with Crippen LogP contribution in [0.2, 0.25) is 0 Å². The molecular formula is C5H10N2O. The van der Waals surface area contributed by atoms with Crippen LogP contribution in [0, 0.1) is 5.41 Å². The molecule has 0 atom stereocenters. The molecule has 0 bridgehead atoms. The predicted molar refractivity (Wildman–Crippen MR) is 33.5 cm³/mol. The van der Waals surface area contributed by atoms with Gasteiger partial charge < -0.3 is 10.2 Å². The third kappa shape index (κ3) is 2.34. The highest BCUT2D eigenvalue weighted by Crippen LogP contribution is 1.79. The molecule has 0 aliphatic rings. The van der Waals surface area contributed by atoms with Gasteiger partial charge in [0.15, 0.2) is 0 Å². The minimum Gasteiger partial charge on any atom is -0.399 e. The molecule has 1 N–H and O–H groups in total. The Hall–Kier alpha value is -0.860. The molecule has 0 aromatic carbocycles. The van der Waals surface area contributed by atoms with Crippen LogP contribution < -0.4 is 0 Å². The van der Waals surface area contributed by atoms with Crippen LogP contribution in [0.4, 0.5) is 0 Å². The van der Waals surface area contributed by atoms with Gasteiger partial charge in [0.05, 0.1) is 11.4 Å². The Bertz CT molecular complexity index is 118. The highest BCUT2D eigenvalue weighted by Gasteiger charge is 1.90. The summed E-state index contributed by atoms with van der Waals surface area (Å²) < 4.78 is 0. The Balaban J connectivity index is 3.80. The summed E-state index contributed by atoms with van der Waals surface area (Å²) in [7, 11) is 1.46. The molecule has 0 radical (unpaired) electrons. The molecule has 8 heavy (non-hydrogen) atoms. The van der Waals surface area contributed by atoms with Crippen molar-refractivity contribution in [2.45, 2.75) is 13.8 Å². The zero-order valence-electron chi connectivity index (χ0n) is 5.36. The normalized spacial score (nSPS) is 11.1. The number of oxime groups is 1. The van der Waals surface area contributed by atoms with Crippen molar-refractivity contribution in [3.8, 4) is 0 Å². The van der Waals surface area contributed by atoms with Gasteiger partial charge in [0, 0.05) is 0 Å². The van der Waals surface area contributed by atoms with Crippen LogP contribution in [0.1, 0.15) is 13.8 Å². The summed E-state index contributed by atoms with van der Waals surface area (Å²) in [5.74, 6) is 0. The molecule has 0 saturated heterocycles. The maximum atomic E-state index is 6.99. The molecule has 0 spiro atoms. The van der Waals surface area contributed by atoms with E-state index < -0.39 is 0 Å². The number of nitrogens with one attached hydrogen (secondary N) is 1. The van der Waals surface area contributed by atoms with E-state index in [0.29, 0.717) is 11.4 Å². The molecule has 0 amide bonds. The van der Waals surface area contributed by atoms with Crippen molar-refractivity contribution < 1.29 is 4.84 Å². The fourth-order valence-electron chi connectivity index (χ4n) is 0.205. The van der Waals surface area contributed by atoms with E-state index in [2.05, 4.69) is 9.99 Å². The van der Waals surface area contributed by atoms with Gasteiger partial charge in [0.2, 0.25) is 0 Å². The topological polar surface area (TPSA) is 45.4 Å². The van der Waals surface area contributed by atoms with Crippen LogP contribution in [-0.4, -0.2) is 18.5 Å². The highest BCUT2D eigenvalue weighted by atomic mass is 16.6. The lowest BCUT2D eigenvalue weighted by Gasteiger charge is -1.91. The molecule has 3 nitrogen and oxygen atoms in total. The summed E-state index contributed by atoms with van der Waals surface area (Å²) >= 11 is 0. The largest absolute Gasteiger partial charge is 0.399 e. The molecular weight excluding hydrogens is 104 g/mol. The number of hydrogen-bond donors (Lipinski definition) is 1. The van der Waals surface area contributed by atoms with Gasteiger partial charge in [-0.05, 0) is 13.8 Å². The second-order valence-electron chi connectivity index (χ2n) is 1.48. The third-order valence-electron chi connectivity index (χ3n) is 0.771. The number of nitrogens with zero attached hydrogens (tertiary/aromatic N) is 1. The van der Waals surface area contributed by atoms with E-state index in [1.807, 2.05) is 0 Å². The Kier molecular flexibility index (Phi) is 2.84. The molecule has 0 aromatic rings. The van der Waals surface area contributed by atoms with E-state index in [4.69, 9.17) is 5.41 Å². The monoisotopic (exact) mass is 114 g/mol. The first-order valence-corrected chi connectivity index (χ1v) is 2.31. The molecule has 0 aliphatic carbocycles. The first-order chi connectivity index (χ1) is 3.68. The molecule has 0 heterocycles. The molecule has 3 heteroatoms. The molecule has 0 saturated carbocycles. The van der Waals surface area contributed by atoms with Crippen LogP contribution in [0.15, 0.2) is 5.16 Å². The zero-order valence-corrected chi connectivity index (χ0v) is 5.36. The van der Waals surface area contributed by atoms with Crippen molar-refractivity contribution in [1.29, 1.82) is 5.41 Å². The van der Waals surface area contributed by atoms with Gasteiger partial charge in [-0.15, -0.1) is 0 Å². The van der Waals surface area contributed by atoms with E-state index in [1.165, 1.54) is 7.11 Å². The zero-order chi connectivity index (χ0) is 6.57. The van der Waals surface area contributed by atoms with E-state index in [1.54, 1.807) is 13.8 Å². The predicted octanol–water partition coefficient (Wildman–Crippen LogP) is 1.05. The molecule has 0 rings (SSSR count). The van der Waals surface area contributed by atoms with Gasteiger partial charge in [0.1, 0.15) is 7.11 Å². The second kappa shape index (κ2) is 3.18. The van der Waals surface area contributed by atoms with Crippen LogP contribution in [-0.2, 0) is 4.84 Å². The minimum atomic E-state index is 0.437. The van der Waals surface area contributed by atoms with Gasteiger partial charge >= 0.3 is 0 Å². The highest BCUT2D eigenvalue weighted by molar-refractivity contribution is 6.39. The Morgan fingerprint density at radius 1 is 1.50 bits per heavy atom. The lowest BCUT2D eigenvalue weighted by Crippen LogP contribution is -2.02. The fourth-order valence-corrected chi connectivity index (χ4v) is 0.205. The molecule has 0 aromatic heterocycles. The van der Waals surface area contributed by atoms with E-state index in [0.717, 1.165) is 0 Å². The quantitative estimate of drug-likeness (QED) is 0.423. The minimum absolute atomic E-state index is 0.437. The Morgan fingerprint density at radius 3 is 2.12 bits per heavy atom. The second-order valence-corrected chi connectivity index (χ2v) is 1.48. The summed E-state index contributed by atoms with van der Waals surface area (Å²) in [6.45, 7) is 3.39. The maximum Gasteiger partial charge on any atom is 0.106 e. The lowest BCUT2D eigenvalue weighted by molar-refractivity contribution is 0.214.